The number of carbonyl (C=O) groups excluding carboxylic acids is 1. The molecule has 1 fully saturated rings. The highest BCUT2D eigenvalue weighted by molar-refractivity contribution is 5.94. The van der Waals surface area contributed by atoms with Crippen molar-refractivity contribution in [1.82, 2.24) is 25.6 Å². The summed E-state index contributed by atoms with van der Waals surface area (Å²) in [5.74, 6) is 0.401. The van der Waals surface area contributed by atoms with E-state index in [9.17, 15) is 19.1 Å². The van der Waals surface area contributed by atoms with Crippen molar-refractivity contribution >= 4 is 28.9 Å². The molecular formula is C25H27FN6O6. The summed E-state index contributed by atoms with van der Waals surface area (Å²) < 4.78 is 31.4. The number of ether oxygens (including phenoxy) is 3. The molecule has 2 amide bonds. The predicted molar refractivity (Wildman–Crippen MR) is 133 cm³/mol. The fraction of sp³-hybridized carbons (Fsp3) is 0.400. The molecule has 0 bridgehead atoms. The van der Waals surface area contributed by atoms with Gasteiger partial charge in [0.2, 0.25) is 5.88 Å². The van der Waals surface area contributed by atoms with E-state index in [1.807, 2.05) is 6.07 Å². The third kappa shape index (κ3) is 5.73. The maximum atomic E-state index is 14.9. The Labute approximate surface area is 216 Å². The highest BCUT2D eigenvalue weighted by atomic mass is 19.1. The zero-order valence-electron chi connectivity index (χ0n) is 20.6. The Morgan fingerprint density at radius 3 is 2.92 bits per heavy atom. The van der Waals surface area contributed by atoms with Crippen molar-refractivity contribution in [3.63, 3.8) is 0 Å². The zero-order valence-corrected chi connectivity index (χ0v) is 20.6. The lowest BCUT2D eigenvalue weighted by Crippen LogP contribution is -2.50. The van der Waals surface area contributed by atoms with E-state index in [1.165, 1.54) is 7.11 Å². The van der Waals surface area contributed by atoms with Crippen molar-refractivity contribution in [3.05, 3.63) is 47.5 Å². The summed E-state index contributed by atoms with van der Waals surface area (Å²) in [4.78, 5) is 36.0. The lowest BCUT2D eigenvalue weighted by molar-refractivity contribution is -0.118. The first-order chi connectivity index (χ1) is 18.4. The van der Waals surface area contributed by atoms with Crippen LogP contribution < -0.4 is 25.4 Å². The van der Waals surface area contributed by atoms with Gasteiger partial charge in [-0.3, -0.25) is 9.78 Å². The van der Waals surface area contributed by atoms with E-state index < -0.39 is 24.1 Å². The standard InChI is InChI=1S/C25H27FN6O6/c1-36-22-7-4-17-23(32-22)15(16(26)10-28-17)8-18(30-25(34)35)19-5-3-14(11-37-19)27-9-13-2-6-20-24(29-13)31-21(33)12-38-20/h2,4,6-7,10,14,18-19,27,30H,3,5,8-9,11-12H2,1H3,(H,34,35)(H,29,31,33). The molecule has 5 heterocycles. The van der Waals surface area contributed by atoms with Crippen molar-refractivity contribution in [3.8, 4) is 11.6 Å². The molecule has 0 radical (unpaired) electrons. The number of nitrogens with one attached hydrogen (secondary N) is 3. The van der Waals surface area contributed by atoms with Gasteiger partial charge in [-0.25, -0.2) is 19.2 Å². The minimum Gasteiger partial charge on any atom is -0.481 e. The number of fused-ring (bicyclic) bond motifs is 2. The summed E-state index contributed by atoms with van der Waals surface area (Å²) in [6.07, 6.45) is 0.707. The lowest BCUT2D eigenvalue weighted by Gasteiger charge is -2.34. The summed E-state index contributed by atoms with van der Waals surface area (Å²) in [6.45, 7) is 0.749. The molecule has 3 aromatic heterocycles. The summed E-state index contributed by atoms with van der Waals surface area (Å²) in [6, 6.07) is 6.19. The Hall–Kier alpha value is -4.10. The van der Waals surface area contributed by atoms with Crippen molar-refractivity contribution in [2.24, 2.45) is 0 Å². The second-order valence-electron chi connectivity index (χ2n) is 9.08. The molecule has 2 aliphatic heterocycles. The summed E-state index contributed by atoms with van der Waals surface area (Å²) >= 11 is 0. The molecule has 12 nitrogen and oxygen atoms in total. The molecule has 4 N–H and O–H groups in total. The van der Waals surface area contributed by atoms with Gasteiger partial charge in [0.05, 0.1) is 48.8 Å². The molecule has 5 rings (SSSR count). The average Bonchev–Trinajstić information content (AvgIpc) is 2.92. The van der Waals surface area contributed by atoms with Gasteiger partial charge in [0.25, 0.3) is 5.91 Å². The van der Waals surface area contributed by atoms with Crippen molar-refractivity contribution in [1.29, 1.82) is 0 Å². The van der Waals surface area contributed by atoms with Gasteiger partial charge in [0.1, 0.15) is 5.82 Å². The minimum absolute atomic E-state index is 0.00446. The van der Waals surface area contributed by atoms with Crippen molar-refractivity contribution in [2.45, 2.75) is 44.0 Å². The van der Waals surface area contributed by atoms with Gasteiger partial charge in [-0.2, -0.15) is 0 Å². The molecule has 200 valence electrons. The minimum atomic E-state index is -1.22. The number of carboxylic acid groups (broad SMARTS) is 1. The second-order valence-corrected chi connectivity index (χ2v) is 9.08. The maximum Gasteiger partial charge on any atom is 0.404 e. The Bertz CT molecular complexity index is 1350. The molecule has 2 aliphatic rings. The molecule has 0 saturated carbocycles. The fourth-order valence-corrected chi connectivity index (χ4v) is 4.64. The molecule has 0 aromatic carbocycles. The van der Waals surface area contributed by atoms with Crippen LogP contribution in [0.5, 0.6) is 11.6 Å². The number of hydrogen-bond donors (Lipinski definition) is 4. The average molecular weight is 527 g/mol. The molecule has 0 spiro atoms. The molecule has 3 atom stereocenters. The van der Waals surface area contributed by atoms with Gasteiger partial charge >= 0.3 is 6.09 Å². The van der Waals surface area contributed by atoms with Crippen LogP contribution in [0.25, 0.3) is 11.0 Å². The van der Waals surface area contributed by atoms with Gasteiger partial charge in [-0.1, -0.05) is 0 Å². The molecular weight excluding hydrogens is 499 g/mol. The van der Waals surface area contributed by atoms with Gasteiger partial charge in [-0.15, -0.1) is 0 Å². The quantitative estimate of drug-likeness (QED) is 0.342. The van der Waals surface area contributed by atoms with E-state index in [2.05, 4.69) is 30.9 Å². The Kier molecular flexibility index (Phi) is 7.47. The van der Waals surface area contributed by atoms with Crippen molar-refractivity contribution < 1.29 is 33.3 Å². The predicted octanol–water partition coefficient (Wildman–Crippen LogP) is 2.02. The van der Waals surface area contributed by atoms with Crippen molar-refractivity contribution in [2.75, 3.05) is 25.6 Å². The topological polar surface area (TPSA) is 157 Å². The number of carbonyl (C=O) groups is 2. The van der Waals surface area contributed by atoms with Crippen LogP contribution in [0.3, 0.4) is 0 Å². The van der Waals surface area contributed by atoms with Crippen LogP contribution in [0.4, 0.5) is 15.0 Å². The first-order valence-corrected chi connectivity index (χ1v) is 12.1. The number of aromatic nitrogens is 3. The van der Waals surface area contributed by atoms with Crippen LogP contribution in [-0.4, -0.2) is 70.6 Å². The van der Waals surface area contributed by atoms with Gasteiger partial charge in [0, 0.05) is 30.6 Å². The smallest absolute Gasteiger partial charge is 0.404 e. The Balaban J connectivity index is 1.23. The largest absolute Gasteiger partial charge is 0.481 e. The Morgan fingerprint density at radius 2 is 2.16 bits per heavy atom. The number of halogens is 1. The van der Waals surface area contributed by atoms with E-state index in [0.29, 0.717) is 54.5 Å². The van der Waals surface area contributed by atoms with Crippen LogP contribution in [-0.2, 0) is 22.5 Å². The number of rotatable bonds is 8. The molecule has 0 aliphatic carbocycles. The number of amides is 2. The highest BCUT2D eigenvalue weighted by Gasteiger charge is 2.31. The maximum absolute atomic E-state index is 14.9. The first kappa shape index (κ1) is 25.5. The summed E-state index contributed by atoms with van der Waals surface area (Å²) in [7, 11) is 1.46. The molecule has 1 saturated heterocycles. The van der Waals surface area contributed by atoms with Crippen LogP contribution in [0.15, 0.2) is 30.5 Å². The van der Waals surface area contributed by atoms with Crippen LogP contribution in [0.1, 0.15) is 24.1 Å². The van der Waals surface area contributed by atoms with Gasteiger partial charge in [-0.05, 0) is 31.0 Å². The SMILES string of the molecule is COc1ccc2ncc(F)c(CC(NC(=O)O)C3CCC(NCc4ccc5c(n4)NC(=O)CO5)CO3)c2n1. The monoisotopic (exact) mass is 526 g/mol. The van der Waals surface area contributed by atoms with Crippen LogP contribution in [0.2, 0.25) is 0 Å². The molecule has 3 aromatic rings. The number of methoxy groups -OCH3 is 1. The molecule has 38 heavy (non-hydrogen) atoms. The zero-order chi connectivity index (χ0) is 26.6. The number of anilines is 1. The second kappa shape index (κ2) is 11.1. The third-order valence-corrected chi connectivity index (χ3v) is 6.55. The van der Waals surface area contributed by atoms with Gasteiger partial charge < -0.3 is 35.3 Å². The Morgan fingerprint density at radius 1 is 1.29 bits per heavy atom. The van der Waals surface area contributed by atoms with E-state index in [0.717, 1.165) is 11.9 Å². The number of pyridine rings is 3. The highest BCUT2D eigenvalue weighted by Crippen LogP contribution is 2.27. The molecule has 3 unspecified atom stereocenters. The summed E-state index contributed by atoms with van der Waals surface area (Å²) in [5.41, 5.74) is 1.76. The molecule has 13 heteroatoms. The normalized spacial score (nSPS) is 19.7. The number of nitrogens with zero attached hydrogens (tertiary/aromatic N) is 3. The van der Waals surface area contributed by atoms with Crippen LogP contribution in [0, 0.1) is 5.82 Å². The van der Waals surface area contributed by atoms with E-state index in [-0.39, 0.29) is 30.5 Å². The number of hydrogen-bond acceptors (Lipinski definition) is 9. The van der Waals surface area contributed by atoms with E-state index >= 15 is 0 Å². The lowest BCUT2D eigenvalue weighted by atomic mass is 9.94. The van der Waals surface area contributed by atoms with Gasteiger partial charge in [0.15, 0.2) is 18.2 Å². The summed E-state index contributed by atoms with van der Waals surface area (Å²) in [5, 5.41) is 18.0. The van der Waals surface area contributed by atoms with E-state index in [1.54, 1.807) is 18.2 Å². The van der Waals surface area contributed by atoms with E-state index in [4.69, 9.17) is 14.2 Å². The first-order valence-electron chi connectivity index (χ1n) is 12.1. The fourth-order valence-electron chi connectivity index (χ4n) is 4.64. The third-order valence-electron chi connectivity index (χ3n) is 6.55. The van der Waals surface area contributed by atoms with Crippen LogP contribution >= 0.6 is 0 Å².